The summed E-state index contributed by atoms with van der Waals surface area (Å²) < 4.78 is 38.6. The Bertz CT molecular complexity index is 398. The third-order valence-electron chi connectivity index (χ3n) is 5.65. The van der Waals surface area contributed by atoms with Gasteiger partial charge >= 0.3 is 6.18 Å². The van der Waals surface area contributed by atoms with E-state index in [1.807, 2.05) is 27.7 Å². The Morgan fingerprint density at radius 3 is 2.00 bits per heavy atom. The average Bonchev–Trinajstić information content (AvgIpc) is 2.76. The van der Waals surface area contributed by atoms with E-state index < -0.39 is 12.7 Å². The summed E-state index contributed by atoms with van der Waals surface area (Å²) in [6.45, 7) is 8.06. The van der Waals surface area contributed by atoms with Gasteiger partial charge in [0.15, 0.2) is 0 Å². The van der Waals surface area contributed by atoms with Crippen LogP contribution in [0.15, 0.2) is 0 Å². The zero-order chi connectivity index (χ0) is 16.1. The Balaban J connectivity index is 2.17. The molecule has 0 atom stereocenters. The highest BCUT2D eigenvalue weighted by atomic mass is 19.4. The van der Waals surface area contributed by atoms with Crippen molar-refractivity contribution in [3.05, 3.63) is 0 Å². The summed E-state index contributed by atoms with van der Waals surface area (Å²) >= 11 is 0. The molecule has 0 aromatic heterocycles. The Morgan fingerprint density at radius 2 is 1.62 bits per heavy atom. The van der Waals surface area contributed by atoms with E-state index in [9.17, 15) is 18.0 Å². The lowest BCUT2D eigenvalue weighted by Crippen LogP contribution is -2.50. The Hall–Kier alpha value is -0.780. The van der Waals surface area contributed by atoms with Crippen LogP contribution in [-0.2, 0) is 4.79 Å². The fourth-order valence-corrected chi connectivity index (χ4v) is 3.68. The summed E-state index contributed by atoms with van der Waals surface area (Å²) in [5.41, 5.74) is -0.471. The molecular weight excluding hydrogens is 281 g/mol. The van der Waals surface area contributed by atoms with Crippen LogP contribution < -0.4 is 5.32 Å². The second-order valence-electron chi connectivity index (χ2n) is 7.44. The van der Waals surface area contributed by atoms with E-state index in [0.717, 1.165) is 4.90 Å². The van der Waals surface area contributed by atoms with E-state index in [4.69, 9.17) is 0 Å². The van der Waals surface area contributed by atoms with E-state index in [1.165, 1.54) is 0 Å². The zero-order valence-corrected chi connectivity index (χ0v) is 13.2. The standard InChI is InChI=1S/C15H25F3N2O/c1-13(2)11(14(13,3)4)12(21)20(9-15(16,17)18)10-5-7-19-8-6-10/h10-11,19H,5-9H2,1-4H3. The van der Waals surface area contributed by atoms with E-state index in [0.29, 0.717) is 25.9 Å². The van der Waals surface area contributed by atoms with Crippen molar-refractivity contribution < 1.29 is 18.0 Å². The molecule has 3 nitrogen and oxygen atoms in total. The molecule has 122 valence electrons. The molecule has 0 spiro atoms. The van der Waals surface area contributed by atoms with Gasteiger partial charge in [-0.1, -0.05) is 27.7 Å². The first-order valence-electron chi connectivity index (χ1n) is 7.56. The highest BCUT2D eigenvalue weighted by molar-refractivity contribution is 5.84. The highest BCUT2D eigenvalue weighted by Crippen LogP contribution is 2.69. The minimum atomic E-state index is -4.34. The van der Waals surface area contributed by atoms with Gasteiger partial charge in [0.2, 0.25) is 5.91 Å². The smallest absolute Gasteiger partial charge is 0.330 e. The van der Waals surface area contributed by atoms with Gasteiger partial charge in [0.05, 0.1) is 0 Å². The molecule has 0 aromatic carbocycles. The zero-order valence-electron chi connectivity index (χ0n) is 13.2. The first-order chi connectivity index (χ1) is 9.48. The van der Waals surface area contributed by atoms with Crippen molar-refractivity contribution >= 4 is 5.91 Å². The van der Waals surface area contributed by atoms with E-state index in [2.05, 4.69) is 5.32 Å². The number of rotatable bonds is 3. The molecule has 1 saturated carbocycles. The quantitative estimate of drug-likeness (QED) is 0.869. The fourth-order valence-electron chi connectivity index (χ4n) is 3.68. The van der Waals surface area contributed by atoms with E-state index in [1.54, 1.807) is 0 Å². The molecule has 1 aliphatic carbocycles. The van der Waals surface area contributed by atoms with Crippen molar-refractivity contribution in [3.8, 4) is 0 Å². The molecule has 1 aliphatic heterocycles. The number of nitrogens with zero attached hydrogens (tertiary/aromatic N) is 1. The second-order valence-corrected chi connectivity index (χ2v) is 7.44. The number of carbonyl (C=O) groups is 1. The molecule has 21 heavy (non-hydrogen) atoms. The Morgan fingerprint density at radius 1 is 1.14 bits per heavy atom. The molecule has 6 heteroatoms. The van der Waals surface area contributed by atoms with Crippen LogP contribution in [0.3, 0.4) is 0 Å². The number of hydrogen-bond acceptors (Lipinski definition) is 2. The van der Waals surface area contributed by atoms with Crippen LogP contribution in [0.25, 0.3) is 0 Å². The van der Waals surface area contributed by atoms with Crippen molar-refractivity contribution in [2.24, 2.45) is 16.7 Å². The topological polar surface area (TPSA) is 32.3 Å². The molecule has 0 radical (unpaired) electrons. The minimum absolute atomic E-state index is 0.235. The average molecular weight is 306 g/mol. The molecule has 1 N–H and O–H groups in total. The Kier molecular flexibility index (Phi) is 4.06. The van der Waals surface area contributed by atoms with Crippen LogP contribution in [0.1, 0.15) is 40.5 Å². The molecule has 1 heterocycles. The molecule has 2 rings (SSSR count). The molecule has 2 aliphatic rings. The van der Waals surface area contributed by atoms with Crippen molar-refractivity contribution in [1.29, 1.82) is 0 Å². The monoisotopic (exact) mass is 306 g/mol. The number of halogens is 3. The third kappa shape index (κ3) is 3.05. The van der Waals surface area contributed by atoms with Crippen molar-refractivity contribution in [2.45, 2.75) is 52.8 Å². The summed E-state index contributed by atoms with van der Waals surface area (Å²) in [4.78, 5) is 13.8. The summed E-state index contributed by atoms with van der Waals surface area (Å²) in [5, 5.41) is 3.13. The summed E-state index contributed by atoms with van der Waals surface area (Å²) in [7, 11) is 0. The fraction of sp³-hybridized carbons (Fsp3) is 0.933. The van der Waals surface area contributed by atoms with Gasteiger partial charge < -0.3 is 10.2 Å². The van der Waals surface area contributed by atoms with E-state index >= 15 is 0 Å². The van der Waals surface area contributed by atoms with Gasteiger partial charge in [-0.3, -0.25) is 4.79 Å². The number of carbonyl (C=O) groups excluding carboxylic acids is 1. The lowest BCUT2D eigenvalue weighted by atomic mass is 10.0. The number of piperidine rings is 1. The van der Waals surface area contributed by atoms with Gasteiger partial charge in [-0.2, -0.15) is 13.2 Å². The molecule has 0 unspecified atom stereocenters. The van der Waals surface area contributed by atoms with Gasteiger partial charge in [-0.05, 0) is 36.8 Å². The van der Waals surface area contributed by atoms with Crippen LogP contribution >= 0.6 is 0 Å². The summed E-state index contributed by atoms with van der Waals surface area (Å²) in [6.07, 6.45) is -3.16. The highest BCUT2D eigenvalue weighted by Gasteiger charge is 2.69. The lowest BCUT2D eigenvalue weighted by molar-refractivity contribution is -0.168. The van der Waals surface area contributed by atoms with Gasteiger partial charge in [-0.15, -0.1) is 0 Å². The number of nitrogens with one attached hydrogen (secondary N) is 1. The lowest BCUT2D eigenvalue weighted by Gasteiger charge is -2.35. The predicted molar refractivity (Wildman–Crippen MR) is 74.7 cm³/mol. The van der Waals surface area contributed by atoms with Crippen molar-refractivity contribution in [1.82, 2.24) is 10.2 Å². The molecule has 2 fully saturated rings. The van der Waals surface area contributed by atoms with Crippen LogP contribution in [0.2, 0.25) is 0 Å². The summed E-state index contributed by atoms with van der Waals surface area (Å²) in [5.74, 6) is -0.642. The molecule has 0 bridgehead atoms. The Labute approximate surface area is 124 Å². The minimum Gasteiger partial charge on any atom is -0.330 e. The maximum atomic E-state index is 12.9. The van der Waals surface area contributed by atoms with Crippen LogP contribution in [-0.4, -0.2) is 42.7 Å². The molecule has 1 amide bonds. The SMILES string of the molecule is CC1(C)C(C(=O)N(CC(F)(F)F)C2CCNCC2)C1(C)C. The normalized spacial score (nSPS) is 25.7. The van der Waals surface area contributed by atoms with Crippen LogP contribution in [0.4, 0.5) is 13.2 Å². The number of alkyl halides is 3. The van der Waals surface area contributed by atoms with Gasteiger partial charge in [-0.25, -0.2) is 0 Å². The van der Waals surface area contributed by atoms with Crippen LogP contribution in [0, 0.1) is 16.7 Å². The van der Waals surface area contributed by atoms with Gasteiger partial charge in [0.25, 0.3) is 0 Å². The first kappa shape index (κ1) is 16.6. The predicted octanol–water partition coefficient (Wildman–Crippen LogP) is 2.81. The largest absolute Gasteiger partial charge is 0.406 e. The van der Waals surface area contributed by atoms with Gasteiger partial charge in [0, 0.05) is 12.0 Å². The van der Waals surface area contributed by atoms with Crippen molar-refractivity contribution in [2.75, 3.05) is 19.6 Å². The van der Waals surface area contributed by atoms with Crippen molar-refractivity contribution in [3.63, 3.8) is 0 Å². The third-order valence-corrected chi connectivity index (χ3v) is 5.65. The molecule has 1 saturated heterocycles. The number of amides is 1. The van der Waals surface area contributed by atoms with Crippen LogP contribution in [0.5, 0.6) is 0 Å². The first-order valence-corrected chi connectivity index (χ1v) is 7.56. The molecule has 0 aromatic rings. The summed E-state index contributed by atoms with van der Waals surface area (Å²) in [6, 6.07) is -0.299. The molecular formula is C15H25F3N2O. The van der Waals surface area contributed by atoms with Gasteiger partial charge in [0.1, 0.15) is 6.54 Å². The van der Waals surface area contributed by atoms with E-state index in [-0.39, 0.29) is 28.7 Å². The number of hydrogen-bond donors (Lipinski definition) is 1. The maximum Gasteiger partial charge on any atom is 0.406 e. The maximum absolute atomic E-state index is 12.9. The second kappa shape index (κ2) is 5.14.